The number of hydrogen-bond acceptors (Lipinski definition) is 3. The Hall–Kier alpha value is 1.24. The van der Waals surface area contributed by atoms with Gasteiger partial charge in [-0.2, -0.15) is 11.8 Å². The fourth-order valence-electron chi connectivity index (χ4n) is 0.368. The SMILES string of the molecule is CSCCC(N)C(=O)O.II. The van der Waals surface area contributed by atoms with Crippen molar-refractivity contribution in [2.24, 2.45) is 5.73 Å². The van der Waals surface area contributed by atoms with Crippen LogP contribution in [0.15, 0.2) is 0 Å². The predicted octanol–water partition coefficient (Wildman–Crippen LogP) is 1.92. The number of thioether (sulfide) groups is 1. The molecule has 6 heteroatoms. The molecule has 0 bridgehead atoms. The van der Waals surface area contributed by atoms with Gasteiger partial charge in [-0.3, -0.25) is 4.79 Å². The molecule has 0 radical (unpaired) electrons. The van der Waals surface area contributed by atoms with E-state index < -0.39 is 12.0 Å². The van der Waals surface area contributed by atoms with Crippen molar-refractivity contribution in [3.8, 4) is 0 Å². The molecule has 1 unspecified atom stereocenters. The third-order valence-corrected chi connectivity index (χ3v) is 1.59. The van der Waals surface area contributed by atoms with Crippen LogP contribution in [0, 0.1) is 0 Å². The fraction of sp³-hybridized carbons (Fsp3) is 0.800. The zero-order valence-corrected chi connectivity index (χ0v) is 11.2. The molecule has 0 heterocycles. The lowest BCUT2D eigenvalue weighted by molar-refractivity contribution is -0.138. The van der Waals surface area contributed by atoms with Crippen molar-refractivity contribution in [3.63, 3.8) is 0 Å². The largest absolute Gasteiger partial charge is 0.480 e. The summed E-state index contributed by atoms with van der Waals surface area (Å²) in [6.07, 6.45) is 2.48. The van der Waals surface area contributed by atoms with Crippen molar-refractivity contribution >= 4 is 55.0 Å². The third kappa shape index (κ3) is 11.2. The molecule has 1 atom stereocenters. The summed E-state index contributed by atoms with van der Waals surface area (Å²) >= 11 is 5.84. The molecule has 0 rings (SSSR count). The number of carboxylic acids is 1. The normalized spacial score (nSPS) is 11.3. The number of aliphatic carboxylic acids is 1. The summed E-state index contributed by atoms with van der Waals surface area (Å²) in [6.45, 7) is 0. The predicted molar refractivity (Wildman–Crippen MR) is 66.7 cm³/mol. The minimum absolute atomic E-state index is 0.552. The van der Waals surface area contributed by atoms with Crippen LogP contribution in [0.1, 0.15) is 6.42 Å². The molecular weight excluding hydrogens is 392 g/mol. The lowest BCUT2D eigenvalue weighted by Gasteiger charge is -2.02. The summed E-state index contributed by atoms with van der Waals surface area (Å²) in [4.78, 5) is 10.1. The molecule has 11 heavy (non-hydrogen) atoms. The molecule has 0 aromatic rings. The van der Waals surface area contributed by atoms with Gasteiger partial charge in [0.25, 0.3) is 0 Å². The number of carbonyl (C=O) groups is 1. The zero-order chi connectivity index (χ0) is 9.28. The number of halogens is 2. The van der Waals surface area contributed by atoms with Crippen molar-refractivity contribution < 1.29 is 9.90 Å². The fourth-order valence-corrected chi connectivity index (χ4v) is 0.858. The highest BCUT2D eigenvalue weighted by Crippen LogP contribution is 1.97. The summed E-state index contributed by atoms with van der Waals surface area (Å²) in [5.74, 6) is -0.1000. The first kappa shape index (κ1) is 14.7. The van der Waals surface area contributed by atoms with Crippen LogP contribution in [-0.4, -0.2) is 29.1 Å². The Balaban J connectivity index is 0. The summed E-state index contributed by atoms with van der Waals surface area (Å²) in [7, 11) is 0. The average molecular weight is 403 g/mol. The van der Waals surface area contributed by atoms with E-state index in [2.05, 4.69) is 37.2 Å². The molecule has 0 saturated carbocycles. The van der Waals surface area contributed by atoms with E-state index in [0.29, 0.717) is 6.42 Å². The zero-order valence-electron chi connectivity index (χ0n) is 6.09. The molecule has 3 nitrogen and oxygen atoms in total. The highest BCUT2D eigenvalue weighted by Gasteiger charge is 2.08. The Morgan fingerprint density at radius 3 is 2.45 bits per heavy atom. The van der Waals surface area contributed by atoms with Crippen molar-refractivity contribution in [3.05, 3.63) is 0 Å². The first-order chi connectivity index (χ1) is 5.18. The van der Waals surface area contributed by atoms with Crippen LogP contribution in [0.4, 0.5) is 0 Å². The van der Waals surface area contributed by atoms with Gasteiger partial charge in [-0.15, -0.1) is 0 Å². The van der Waals surface area contributed by atoms with Crippen molar-refractivity contribution in [2.45, 2.75) is 12.5 Å². The average Bonchev–Trinajstić information content (AvgIpc) is 2.03. The lowest BCUT2D eigenvalue weighted by atomic mass is 10.2. The summed E-state index contributed by atoms with van der Waals surface area (Å²) < 4.78 is 0. The van der Waals surface area contributed by atoms with Crippen molar-refractivity contribution in [2.75, 3.05) is 12.0 Å². The van der Waals surface area contributed by atoms with Gasteiger partial charge in [-0.1, -0.05) is 0 Å². The van der Waals surface area contributed by atoms with Gasteiger partial charge >= 0.3 is 5.97 Å². The standard InChI is InChI=1S/C5H11NO2S.I2/c1-9-3-2-4(6)5(7)8;1-2/h4H,2-3,6H2,1H3,(H,7,8);. The number of hydrogen-bond donors (Lipinski definition) is 2. The van der Waals surface area contributed by atoms with Crippen molar-refractivity contribution in [1.29, 1.82) is 0 Å². The smallest absolute Gasteiger partial charge is 0.320 e. The summed E-state index contributed by atoms with van der Waals surface area (Å²) in [5.41, 5.74) is 5.19. The summed E-state index contributed by atoms with van der Waals surface area (Å²) in [5, 5.41) is 8.27. The van der Waals surface area contributed by atoms with Gasteiger partial charge in [-0.05, 0) is 18.4 Å². The number of nitrogens with two attached hydrogens (primary N) is 1. The van der Waals surface area contributed by atoms with E-state index in [9.17, 15) is 4.79 Å². The minimum Gasteiger partial charge on any atom is -0.480 e. The third-order valence-electron chi connectivity index (χ3n) is 0.950. The molecule has 0 aromatic carbocycles. The quantitative estimate of drug-likeness (QED) is 0.705. The summed E-state index contributed by atoms with van der Waals surface area (Å²) in [6, 6.07) is -0.683. The van der Waals surface area contributed by atoms with Crippen LogP contribution in [0.2, 0.25) is 0 Å². The molecule has 68 valence electrons. The molecule has 0 aliphatic carbocycles. The molecule has 0 aliphatic rings. The van der Waals surface area contributed by atoms with Gasteiger partial charge in [-0.25, -0.2) is 0 Å². The Morgan fingerprint density at radius 2 is 2.18 bits per heavy atom. The van der Waals surface area contributed by atoms with Gasteiger partial charge in [0.05, 0.1) is 0 Å². The maximum atomic E-state index is 10.1. The minimum atomic E-state index is -0.913. The van der Waals surface area contributed by atoms with E-state index in [0.717, 1.165) is 5.75 Å². The van der Waals surface area contributed by atoms with E-state index in [1.165, 1.54) is 0 Å². The van der Waals surface area contributed by atoms with Gasteiger partial charge in [0.2, 0.25) is 0 Å². The van der Waals surface area contributed by atoms with E-state index in [4.69, 9.17) is 10.8 Å². The van der Waals surface area contributed by atoms with E-state index in [-0.39, 0.29) is 0 Å². The van der Waals surface area contributed by atoms with Crippen molar-refractivity contribution in [1.82, 2.24) is 0 Å². The Bertz CT molecular complexity index is 104. The number of carboxylic acid groups (broad SMARTS) is 1. The maximum absolute atomic E-state index is 10.1. The Morgan fingerprint density at radius 1 is 1.73 bits per heavy atom. The van der Waals surface area contributed by atoms with Gasteiger partial charge in [0, 0.05) is 37.2 Å². The van der Waals surface area contributed by atoms with E-state index in [1.807, 2.05) is 6.26 Å². The second kappa shape index (κ2) is 11.2. The molecule has 0 aliphatic heterocycles. The monoisotopic (exact) mass is 403 g/mol. The Labute approximate surface area is 94.2 Å². The van der Waals surface area contributed by atoms with Crippen LogP contribution < -0.4 is 5.73 Å². The topological polar surface area (TPSA) is 63.3 Å². The van der Waals surface area contributed by atoms with E-state index in [1.54, 1.807) is 11.8 Å². The van der Waals surface area contributed by atoms with Crippen LogP contribution >= 0.6 is 49.0 Å². The van der Waals surface area contributed by atoms with Crippen LogP contribution in [0.5, 0.6) is 0 Å². The molecule has 0 amide bonds. The lowest BCUT2D eigenvalue weighted by Crippen LogP contribution is -2.30. The van der Waals surface area contributed by atoms with E-state index >= 15 is 0 Å². The maximum Gasteiger partial charge on any atom is 0.320 e. The first-order valence-electron chi connectivity index (χ1n) is 2.80. The molecule has 3 N–H and O–H groups in total. The molecular formula is C5H11I2NO2S. The molecule has 0 fully saturated rings. The second-order valence-electron chi connectivity index (χ2n) is 1.73. The second-order valence-corrected chi connectivity index (χ2v) is 2.71. The van der Waals surface area contributed by atoms with Crippen LogP contribution in [0.3, 0.4) is 0 Å². The molecule has 0 aromatic heterocycles. The number of rotatable bonds is 4. The van der Waals surface area contributed by atoms with Crippen LogP contribution in [0.25, 0.3) is 0 Å². The Kier molecular flexibility index (Phi) is 15.1. The van der Waals surface area contributed by atoms with Crippen LogP contribution in [-0.2, 0) is 4.79 Å². The first-order valence-corrected chi connectivity index (χ1v) is 10.5. The van der Waals surface area contributed by atoms with Gasteiger partial charge in [0.1, 0.15) is 6.04 Å². The molecule has 0 saturated heterocycles. The molecule has 0 spiro atoms. The van der Waals surface area contributed by atoms with Gasteiger partial charge < -0.3 is 10.8 Å². The highest BCUT2D eigenvalue weighted by molar-refractivity contribution is 15.0. The highest BCUT2D eigenvalue weighted by atomic mass is 128. The van der Waals surface area contributed by atoms with Gasteiger partial charge in [0.15, 0.2) is 0 Å².